The van der Waals surface area contributed by atoms with Crippen molar-refractivity contribution in [1.29, 1.82) is 0 Å². The number of rotatable bonds is 7. The maximum Gasteiger partial charge on any atom is 0.303 e. The SMILES string of the molecule is C=C(C)CCCC(C)CCO.CCC(=O)O. The zero-order chi connectivity index (χ0) is 13.0. The van der Waals surface area contributed by atoms with Crippen LogP contribution in [0.5, 0.6) is 0 Å². The standard InChI is InChI=1S/C10H20O.C3H6O2/c1-9(2)5-4-6-10(3)7-8-11;1-2-3(4)5/h10-11H,1,4-8H2,2-3H3;2H2,1H3,(H,4,5). The van der Waals surface area contributed by atoms with Crippen LogP contribution in [0.2, 0.25) is 0 Å². The van der Waals surface area contributed by atoms with Crippen molar-refractivity contribution in [2.75, 3.05) is 6.61 Å². The highest BCUT2D eigenvalue weighted by Gasteiger charge is 1.99. The summed E-state index contributed by atoms with van der Waals surface area (Å²) >= 11 is 0. The van der Waals surface area contributed by atoms with Crippen molar-refractivity contribution >= 4 is 5.97 Å². The molecule has 0 fully saturated rings. The second-order valence-corrected chi connectivity index (χ2v) is 4.21. The van der Waals surface area contributed by atoms with Crippen LogP contribution in [0.25, 0.3) is 0 Å². The molecule has 0 aliphatic rings. The Bertz CT molecular complexity index is 188. The van der Waals surface area contributed by atoms with Crippen molar-refractivity contribution in [3.63, 3.8) is 0 Å². The van der Waals surface area contributed by atoms with E-state index in [2.05, 4.69) is 20.4 Å². The van der Waals surface area contributed by atoms with Crippen molar-refractivity contribution < 1.29 is 15.0 Å². The van der Waals surface area contributed by atoms with E-state index < -0.39 is 5.97 Å². The Hall–Kier alpha value is -0.830. The first-order valence-electron chi connectivity index (χ1n) is 5.91. The van der Waals surface area contributed by atoms with E-state index in [1.807, 2.05) is 0 Å². The van der Waals surface area contributed by atoms with Gasteiger partial charge in [-0.2, -0.15) is 0 Å². The number of aliphatic hydroxyl groups excluding tert-OH is 1. The van der Waals surface area contributed by atoms with Crippen LogP contribution in [0.1, 0.15) is 52.9 Å². The number of carbonyl (C=O) groups is 1. The van der Waals surface area contributed by atoms with E-state index >= 15 is 0 Å². The molecule has 96 valence electrons. The summed E-state index contributed by atoms with van der Waals surface area (Å²) in [5, 5.41) is 16.3. The van der Waals surface area contributed by atoms with Crippen molar-refractivity contribution in [1.82, 2.24) is 0 Å². The molecule has 0 saturated carbocycles. The summed E-state index contributed by atoms with van der Waals surface area (Å²) in [5.41, 5.74) is 1.26. The normalized spacial score (nSPS) is 11.2. The Morgan fingerprint density at radius 3 is 2.19 bits per heavy atom. The minimum absolute atomic E-state index is 0.222. The van der Waals surface area contributed by atoms with Crippen LogP contribution in [0.15, 0.2) is 12.2 Å². The van der Waals surface area contributed by atoms with Crippen LogP contribution in [-0.4, -0.2) is 22.8 Å². The molecule has 2 N–H and O–H groups in total. The molecule has 0 saturated heterocycles. The van der Waals surface area contributed by atoms with Crippen molar-refractivity contribution in [2.45, 2.75) is 52.9 Å². The topological polar surface area (TPSA) is 57.5 Å². The van der Waals surface area contributed by atoms with Gasteiger partial charge in [-0.25, -0.2) is 0 Å². The van der Waals surface area contributed by atoms with Crippen LogP contribution >= 0.6 is 0 Å². The average molecular weight is 230 g/mol. The van der Waals surface area contributed by atoms with E-state index in [-0.39, 0.29) is 6.42 Å². The molecule has 0 heterocycles. The molecule has 0 rings (SSSR count). The van der Waals surface area contributed by atoms with Gasteiger partial charge in [0.05, 0.1) is 0 Å². The monoisotopic (exact) mass is 230 g/mol. The fourth-order valence-corrected chi connectivity index (χ4v) is 1.12. The smallest absolute Gasteiger partial charge is 0.303 e. The minimum Gasteiger partial charge on any atom is -0.481 e. The maximum absolute atomic E-state index is 9.37. The summed E-state index contributed by atoms with van der Waals surface area (Å²) in [7, 11) is 0. The second kappa shape index (κ2) is 12.2. The Balaban J connectivity index is 0. The van der Waals surface area contributed by atoms with Crippen LogP contribution in [-0.2, 0) is 4.79 Å². The fourth-order valence-electron chi connectivity index (χ4n) is 1.12. The van der Waals surface area contributed by atoms with Crippen LogP contribution < -0.4 is 0 Å². The molecule has 0 aliphatic heterocycles. The molecule has 1 atom stereocenters. The van der Waals surface area contributed by atoms with E-state index in [4.69, 9.17) is 10.2 Å². The highest BCUT2D eigenvalue weighted by molar-refractivity contribution is 5.66. The van der Waals surface area contributed by atoms with Gasteiger partial charge in [-0.15, -0.1) is 6.58 Å². The van der Waals surface area contributed by atoms with E-state index in [1.54, 1.807) is 6.92 Å². The van der Waals surface area contributed by atoms with E-state index in [9.17, 15) is 4.79 Å². The Morgan fingerprint density at radius 1 is 1.38 bits per heavy atom. The van der Waals surface area contributed by atoms with Crippen molar-refractivity contribution in [2.24, 2.45) is 5.92 Å². The Kier molecular flexibility index (Phi) is 13.4. The number of aliphatic hydroxyl groups is 1. The van der Waals surface area contributed by atoms with E-state index in [0.29, 0.717) is 12.5 Å². The van der Waals surface area contributed by atoms with Gasteiger partial charge in [0.15, 0.2) is 0 Å². The summed E-state index contributed by atoms with van der Waals surface area (Å²) in [6.07, 6.45) is 4.73. The highest BCUT2D eigenvalue weighted by atomic mass is 16.4. The van der Waals surface area contributed by atoms with Gasteiger partial charge in [-0.1, -0.05) is 25.8 Å². The molecule has 0 radical (unpaired) electrons. The van der Waals surface area contributed by atoms with Gasteiger partial charge in [0.25, 0.3) is 0 Å². The predicted octanol–water partition coefficient (Wildman–Crippen LogP) is 3.23. The van der Waals surface area contributed by atoms with Crippen molar-refractivity contribution in [3.8, 4) is 0 Å². The van der Waals surface area contributed by atoms with Gasteiger partial charge in [-0.3, -0.25) is 4.79 Å². The summed E-state index contributed by atoms with van der Waals surface area (Å²) < 4.78 is 0. The molecule has 0 bridgehead atoms. The number of carboxylic acid groups (broad SMARTS) is 1. The molecule has 3 nitrogen and oxygen atoms in total. The molecule has 0 aromatic heterocycles. The third kappa shape index (κ3) is 18.9. The van der Waals surface area contributed by atoms with Gasteiger partial charge in [0, 0.05) is 13.0 Å². The lowest BCUT2D eigenvalue weighted by Gasteiger charge is -2.08. The number of allylic oxidation sites excluding steroid dienone is 1. The zero-order valence-corrected chi connectivity index (χ0v) is 10.8. The molecule has 3 heteroatoms. The van der Waals surface area contributed by atoms with Gasteiger partial charge in [0.1, 0.15) is 0 Å². The first-order valence-corrected chi connectivity index (χ1v) is 5.91. The second-order valence-electron chi connectivity index (χ2n) is 4.21. The molecule has 16 heavy (non-hydrogen) atoms. The molecule has 1 unspecified atom stereocenters. The van der Waals surface area contributed by atoms with E-state index in [1.165, 1.54) is 18.4 Å². The van der Waals surface area contributed by atoms with Gasteiger partial charge >= 0.3 is 5.97 Å². The lowest BCUT2D eigenvalue weighted by molar-refractivity contribution is -0.136. The minimum atomic E-state index is -0.745. The molecular weight excluding hydrogens is 204 g/mol. The number of carboxylic acids is 1. The Labute approximate surface area is 99.2 Å². The zero-order valence-electron chi connectivity index (χ0n) is 10.8. The van der Waals surface area contributed by atoms with Gasteiger partial charge < -0.3 is 10.2 Å². The molecule has 0 aromatic carbocycles. The third-order valence-electron chi connectivity index (χ3n) is 2.22. The maximum atomic E-state index is 9.37. The van der Waals surface area contributed by atoms with Crippen LogP contribution in [0, 0.1) is 5.92 Å². The lowest BCUT2D eigenvalue weighted by atomic mass is 10.00. The van der Waals surface area contributed by atoms with Crippen LogP contribution in [0.4, 0.5) is 0 Å². The molecule has 0 amide bonds. The third-order valence-corrected chi connectivity index (χ3v) is 2.22. The number of hydrogen-bond donors (Lipinski definition) is 2. The molecule has 0 aliphatic carbocycles. The quantitative estimate of drug-likeness (QED) is 0.660. The molecular formula is C13H26O3. The Morgan fingerprint density at radius 2 is 1.88 bits per heavy atom. The first kappa shape index (κ1) is 17.6. The first-order chi connectivity index (χ1) is 7.43. The molecule has 0 spiro atoms. The van der Waals surface area contributed by atoms with Gasteiger partial charge in [-0.05, 0) is 32.1 Å². The van der Waals surface area contributed by atoms with Gasteiger partial charge in [0.2, 0.25) is 0 Å². The number of hydrogen-bond acceptors (Lipinski definition) is 2. The van der Waals surface area contributed by atoms with E-state index in [0.717, 1.165) is 12.8 Å². The van der Waals surface area contributed by atoms with Crippen LogP contribution in [0.3, 0.4) is 0 Å². The molecule has 0 aromatic rings. The lowest BCUT2D eigenvalue weighted by Crippen LogP contribution is -1.97. The predicted molar refractivity (Wildman–Crippen MR) is 67.5 cm³/mol. The van der Waals surface area contributed by atoms with Crippen molar-refractivity contribution in [3.05, 3.63) is 12.2 Å². The summed E-state index contributed by atoms with van der Waals surface area (Å²) in [6.45, 7) is 10.0. The number of aliphatic carboxylic acids is 1. The summed E-state index contributed by atoms with van der Waals surface area (Å²) in [5.74, 6) is -0.0793. The summed E-state index contributed by atoms with van der Waals surface area (Å²) in [4.78, 5) is 9.37. The fraction of sp³-hybridized carbons (Fsp3) is 0.769. The summed E-state index contributed by atoms with van der Waals surface area (Å²) in [6, 6.07) is 0. The highest BCUT2D eigenvalue weighted by Crippen LogP contribution is 2.13. The average Bonchev–Trinajstić information content (AvgIpc) is 2.18. The largest absolute Gasteiger partial charge is 0.481 e.